The second-order valence-electron chi connectivity index (χ2n) is 5.50. The minimum atomic E-state index is -0.937. The summed E-state index contributed by atoms with van der Waals surface area (Å²) >= 11 is 0. The van der Waals surface area contributed by atoms with Gasteiger partial charge >= 0.3 is 5.97 Å². The zero-order valence-corrected chi connectivity index (χ0v) is 13.5. The highest BCUT2D eigenvalue weighted by molar-refractivity contribution is 5.82. The number of carbonyl (C=O) groups excluding carboxylic acids is 1. The number of methoxy groups -OCH3 is 1. The largest absolute Gasteiger partial charge is 0.481 e. The van der Waals surface area contributed by atoms with Gasteiger partial charge in [0, 0.05) is 13.7 Å². The zero-order valence-electron chi connectivity index (χ0n) is 13.5. The van der Waals surface area contributed by atoms with Gasteiger partial charge in [0.15, 0.2) is 6.10 Å². The number of carbonyl (C=O) groups is 2. The number of nitrogens with one attached hydrogen (secondary N) is 1. The van der Waals surface area contributed by atoms with Gasteiger partial charge in [0.25, 0.3) is 5.91 Å². The minimum Gasteiger partial charge on any atom is -0.481 e. The van der Waals surface area contributed by atoms with Gasteiger partial charge in [-0.1, -0.05) is 60.7 Å². The van der Waals surface area contributed by atoms with Gasteiger partial charge in [-0.2, -0.15) is 0 Å². The molecule has 2 rings (SSSR count). The Kier molecular flexibility index (Phi) is 6.51. The Hall–Kier alpha value is -2.66. The van der Waals surface area contributed by atoms with Gasteiger partial charge in [-0.15, -0.1) is 0 Å². The van der Waals surface area contributed by atoms with E-state index in [1.165, 1.54) is 7.11 Å². The van der Waals surface area contributed by atoms with Gasteiger partial charge in [-0.3, -0.25) is 9.59 Å². The maximum absolute atomic E-state index is 12.3. The highest BCUT2D eigenvalue weighted by atomic mass is 16.5. The predicted octanol–water partition coefficient (Wildman–Crippen LogP) is 2.43. The van der Waals surface area contributed by atoms with Crippen LogP contribution in [-0.2, 0) is 20.7 Å². The number of hydrogen-bond donors (Lipinski definition) is 2. The third kappa shape index (κ3) is 4.93. The monoisotopic (exact) mass is 327 g/mol. The van der Waals surface area contributed by atoms with E-state index in [-0.39, 0.29) is 12.5 Å². The first-order valence-corrected chi connectivity index (χ1v) is 7.74. The molecule has 0 radical (unpaired) electrons. The molecule has 2 atom stereocenters. The third-order valence-electron chi connectivity index (χ3n) is 3.77. The molecule has 2 aromatic carbocycles. The van der Waals surface area contributed by atoms with Crippen LogP contribution in [0.4, 0.5) is 0 Å². The number of aliphatic carboxylic acids is 1. The minimum absolute atomic E-state index is 0.0513. The normalized spacial score (nSPS) is 13.0. The molecule has 5 heteroatoms. The van der Waals surface area contributed by atoms with Crippen LogP contribution in [0.3, 0.4) is 0 Å². The van der Waals surface area contributed by atoms with Crippen LogP contribution in [0.5, 0.6) is 0 Å². The first kappa shape index (κ1) is 17.7. The fourth-order valence-corrected chi connectivity index (χ4v) is 2.48. The molecule has 0 bridgehead atoms. The molecule has 1 unspecified atom stereocenters. The van der Waals surface area contributed by atoms with Crippen LogP contribution in [0, 0.1) is 5.92 Å². The maximum Gasteiger partial charge on any atom is 0.308 e. The summed E-state index contributed by atoms with van der Waals surface area (Å²) in [5, 5.41) is 12.1. The van der Waals surface area contributed by atoms with E-state index in [4.69, 9.17) is 4.74 Å². The zero-order chi connectivity index (χ0) is 17.4. The van der Waals surface area contributed by atoms with Gasteiger partial charge in [0.1, 0.15) is 0 Å². The van der Waals surface area contributed by atoms with E-state index in [9.17, 15) is 14.7 Å². The SMILES string of the molecule is CO[C@@H](C(=O)NCC(Cc1ccccc1)C(=O)O)c1ccccc1. The van der Waals surface area contributed by atoms with Gasteiger partial charge in [0.05, 0.1) is 5.92 Å². The van der Waals surface area contributed by atoms with Crippen LogP contribution in [0.2, 0.25) is 0 Å². The third-order valence-corrected chi connectivity index (χ3v) is 3.77. The number of carboxylic acid groups (broad SMARTS) is 1. The fraction of sp³-hybridized carbons (Fsp3) is 0.263. The van der Waals surface area contributed by atoms with E-state index >= 15 is 0 Å². The first-order valence-electron chi connectivity index (χ1n) is 7.74. The van der Waals surface area contributed by atoms with Crippen molar-refractivity contribution in [1.82, 2.24) is 5.32 Å². The lowest BCUT2D eigenvalue weighted by Gasteiger charge is -2.18. The molecule has 0 aliphatic heterocycles. The number of carboxylic acids is 1. The number of hydrogen-bond acceptors (Lipinski definition) is 3. The van der Waals surface area contributed by atoms with E-state index in [0.29, 0.717) is 6.42 Å². The summed E-state index contributed by atoms with van der Waals surface area (Å²) in [6.07, 6.45) is -0.392. The molecule has 0 heterocycles. The van der Waals surface area contributed by atoms with E-state index in [2.05, 4.69) is 5.32 Å². The van der Waals surface area contributed by atoms with Crippen molar-refractivity contribution >= 4 is 11.9 Å². The topological polar surface area (TPSA) is 75.6 Å². The number of ether oxygens (including phenoxy) is 1. The van der Waals surface area contributed by atoms with Crippen molar-refractivity contribution in [2.45, 2.75) is 12.5 Å². The molecular weight excluding hydrogens is 306 g/mol. The van der Waals surface area contributed by atoms with Crippen molar-refractivity contribution in [3.05, 3.63) is 71.8 Å². The average molecular weight is 327 g/mol. The van der Waals surface area contributed by atoms with Crippen LogP contribution in [0.25, 0.3) is 0 Å². The Bertz CT molecular complexity index is 658. The molecule has 24 heavy (non-hydrogen) atoms. The molecule has 0 fully saturated rings. The van der Waals surface area contributed by atoms with Crippen molar-refractivity contribution in [2.24, 2.45) is 5.92 Å². The standard InChI is InChI=1S/C19H21NO4/c1-24-17(15-10-6-3-7-11-15)18(21)20-13-16(19(22)23)12-14-8-4-2-5-9-14/h2-11,16-17H,12-13H2,1H3,(H,20,21)(H,22,23)/t16?,17-/m1/s1. The van der Waals surface area contributed by atoms with E-state index in [0.717, 1.165) is 11.1 Å². The summed E-state index contributed by atoms with van der Waals surface area (Å²) in [6, 6.07) is 18.5. The highest BCUT2D eigenvalue weighted by Crippen LogP contribution is 2.16. The van der Waals surface area contributed by atoms with Crippen molar-refractivity contribution in [3.63, 3.8) is 0 Å². The van der Waals surface area contributed by atoms with Crippen molar-refractivity contribution in [3.8, 4) is 0 Å². The number of amides is 1. The molecule has 0 aliphatic carbocycles. The Labute approximate surface area is 141 Å². The molecule has 0 spiro atoms. The van der Waals surface area contributed by atoms with Gasteiger partial charge in [-0.05, 0) is 17.5 Å². The molecule has 126 valence electrons. The lowest BCUT2D eigenvalue weighted by molar-refractivity contribution is -0.142. The van der Waals surface area contributed by atoms with Crippen LogP contribution in [-0.4, -0.2) is 30.6 Å². The second kappa shape index (κ2) is 8.84. The maximum atomic E-state index is 12.3. The number of benzene rings is 2. The van der Waals surface area contributed by atoms with Crippen molar-refractivity contribution in [2.75, 3.05) is 13.7 Å². The Morgan fingerprint density at radius 3 is 2.17 bits per heavy atom. The van der Waals surface area contributed by atoms with Crippen molar-refractivity contribution < 1.29 is 19.4 Å². The summed E-state index contributed by atoms with van der Waals surface area (Å²) in [5.41, 5.74) is 1.65. The quantitative estimate of drug-likeness (QED) is 0.781. The lowest BCUT2D eigenvalue weighted by Crippen LogP contribution is -2.37. The average Bonchev–Trinajstić information content (AvgIpc) is 2.61. The van der Waals surface area contributed by atoms with E-state index in [1.54, 1.807) is 12.1 Å². The Morgan fingerprint density at radius 2 is 1.62 bits per heavy atom. The summed E-state index contributed by atoms with van der Waals surface area (Å²) < 4.78 is 5.25. The van der Waals surface area contributed by atoms with E-state index in [1.807, 2.05) is 48.5 Å². The Morgan fingerprint density at radius 1 is 1.04 bits per heavy atom. The molecular formula is C19H21NO4. The smallest absolute Gasteiger partial charge is 0.308 e. The van der Waals surface area contributed by atoms with Crippen LogP contribution < -0.4 is 5.32 Å². The molecule has 5 nitrogen and oxygen atoms in total. The lowest BCUT2D eigenvalue weighted by atomic mass is 9.99. The van der Waals surface area contributed by atoms with Crippen LogP contribution in [0.1, 0.15) is 17.2 Å². The summed E-state index contributed by atoms with van der Waals surface area (Å²) in [6.45, 7) is 0.0513. The summed E-state index contributed by atoms with van der Waals surface area (Å²) in [5.74, 6) is -1.97. The molecule has 1 amide bonds. The molecule has 0 saturated carbocycles. The predicted molar refractivity (Wildman–Crippen MR) is 90.5 cm³/mol. The summed E-state index contributed by atoms with van der Waals surface area (Å²) in [7, 11) is 1.45. The highest BCUT2D eigenvalue weighted by Gasteiger charge is 2.23. The van der Waals surface area contributed by atoms with E-state index < -0.39 is 18.0 Å². The first-order chi connectivity index (χ1) is 11.6. The molecule has 2 aromatic rings. The Balaban J connectivity index is 1.98. The van der Waals surface area contributed by atoms with Crippen LogP contribution in [0.15, 0.2) is 60.7 Å². The summed E-state index contributed by atoms with van der Waals surface area (Å²) in [4.78, 5) is 23.8. The van der Waals surface area contributed by atoms with Gasteiger partial charge in [0.2, 0.25) is 0 Å². The second-order valence-corrected chi connectivity index (χ2v) is 5.50. The molecule has 0 aromatic heterocycles. The number of rotatable bonds is 8. The molecule has 2 N–H and O–H groups in total. The van der Waals surface area contributed by atoms with Crippen molar-refractivity contribution in [1.29, 1.82) is 0 Å². The fourth-order valence-electron chi connectivity index (χ4n) is 2.48. The van der Waals surface area contributed by atoms with Gasteiger partial charge in [-0.25, -0.2) is 0 Å². The molecule has 0 saturated heterocycles. The molecule has 0 aliphatic rings. The van der Waals surface area contributed by atoms with Gasteiger partial charge < -0.3 is 15.2 Å². The van der Waals surface area contributed by atoms with Crippen LogP contribution >= 0.6 is 0 Å².